The van der Waals surface area contributed by atoms with Gasteiger partial charge in [-0.2, -0.15) is 5.10 Å². The van der Waals surface area contributed by atoms with Crippen molar-refractivity contribution in [3.05, 3.63) is 71.1 Å². The van der Waals surface area contributed by atoms with E-state index in [2.05, 4.69) is 15.2 Å². The number of carbonyl (C=O) groups is 2. The van der Waals surface area contributed by atoms with Gasteiger partial charge in [0.25, 0.3) is 11.8 Å². The largest absolute Gasteiger partial charge is 0.335 e. The zero-order valence-corrected chi connectivity index (χ0v) is 15.8. The molecule has 1 saturated heterocycles. The second-order valence-electron chi connectivity index (χ2n) is 6.50. The van der Waals surface area contributed by atoms with E-state index in [1.165, 1.54) is 0 Å². The van der Waals surface area contributed by atoms with Gasteiger partial charge in [0.05, 0.1) is 5.69 Å². The summed E-state index contributed by atoms with van der Waals surface area (Å²) in [5, 5.41) is 7.56. The highest BCUT2D eigenvalue weighted by Gasteiger charge is 2.26. The van der Waals surface area contributed by atoms with Gasteiger partial charge < -0.3 is 9.80 Å². The van der Waals surface area contributed by atoms with E-state index in [0.29, 0.717) is 48.2 Å². The summed E-state index contributed by atoms with van der Waals surface area (Å²) < 4.78 is 0. The summed E-state index contributed by atoms with van der Waals surface area (Å²) >= 11 is 5.97. The van der Waals surface area contributed by atoms with Crippen LogP contribution in [0, 0.1) is 0 Å². The Hall–Kier alpha value is -3.19. The number of aromatic amines is 1. The van der Waals surface area contributed by atoms with Gasteiger partial charge in [0.2, 0.25) is 0 Å². The number of H-pyrrole nitrogens is 1. The first-order valence-corrected chi connectivity index (χ1v) is 9.29. The third-order valence-corrected chi connectivity index (χ3v) is 4.95. The summed E-state index contributed by atoms with van der Waals surface area (Å²) in [5.74, 6) is -0.196. The third-order valence-electron chi connectivity index (χ3n) is 4.71. The first-order chi connectivity index (χ1) is 13.6. The van der Waals surface area contributed by atoms with Crippen molar-refractivity contribution >= 4 is 23.4 Å². The van der Waals surface area contributed by atoms with Crippen molar-refractivity contribution in [3.63, 3.8) is 0 Å². The molecule has 0 spiro atoms. The minimum atomic E-state index is -0.123. The molecule has 2 amide bonds. The molecule has 0 bridgehead atoms. The maximum Gasteiger partial charge on any atom is 0.272 e. The molecule has 1 aromatic carbocycles. The van der Waals surface area contributed by atoms with E-state index in [-0.39, 0.29) is 11.8 Å². The number of amides is 2. The molecule has 3 aromatic rings. The molecule has 142 valence electrons. The molecule has 0 atom stereocenters. The normalized spacial score (nSPS) is 14.2. The summed E-state index contributed by atoms with van der Waals surface area (Å²) in [6.45, 7) is 1.88. The number of nitrogens with one attached hydrogen (secondary N) is 1. The Labute approximate surface area is 166 Å². The molecular formula is C20H18ClN5O2. The molecule has 7 nitrogen and oxygen atoms in total. The number of hydrogen-bond donors (Lipinski definition) is 1. The molecule has 1 aliphatic heterocycles. The van der Waals surface area contributed by atoms with Crippen molar-refractivity contribution in [2.24, 2.45) is 0 Å². The van der Waals surface area contributed by atoms with Crippen LogP contribution >= 0.6 is 11.6 Å². The number of pyridine rings is 1. The van der Waals surface area contributed by atoms with Gasteiger partial charge >= 0.3 is 0 Å². The summed E-state index contributed by atoms with van der Waals surface area (Å²) in [6, 6.07) is 12.3. The molecule has 1 aliphatic rings. The lowest BCUT2D eigenvalue weighted by molar-refractivity contribution is 0.0532. The molecule has 4 rings (SSSR count). The molecule has 0 radical (unpaired) electrons. The van der Waals surface area contributed by atoms with Gasteiger partial charge in [-0.3, -0.25) is 19.7 Å². The highest BCUT2D eigenvalue weighted by molar-refractivity contribution is 6.30. The van der Waals surface area contributed by atoms with Crippen LogP contribution in [0.2, 0.25) is 5.02 Å². The predicted octanol–water partition coefficient (Wildman–Crippen LogP) is 2.72. The first-order valence-electron chi connectivity index (χ1n) is 8.92. The maximum atomic E-state index is 12.8. The van der Waals surface area contributed by atoms with Gasteiger partial charge in [0.15, 0.2) is 0 Å². The molecule has 0 saturated carbocycles. The van der Waals surface area contributed by atoms with Crippen molar-refractivity contribution in [2.45, 2.75) is 0 Å². The molecule has 3 heterocycles. The van der Waals surface area contributed by atoms with Gasteiger partial charge in [0, 0.05) is 54.7 Å². The highest BCUT2D eigenvalue weighted by Crippen LogP contribution is 2.18. The molecule has 0 aliphatic carbocycles. The number of aromatic nitrogens is 3. The molecule has 1 N–H and O–H groups in total. The zero-order chi connectivity index (χ0) is 19.5. The summed E-state index contributed by atoms with van der Waals surface area (Å²) in [7, 11) is 0. The lowest BCUT2D eigenvalue weighted by Crippen LogP contribution is -2.50. The van der Waals surface area contributed by atoms with Gasteiger partial charge in [-0.15, -0.1) is 0 Å². The number of hydrogen-bond acceptors (Lipinski definition) is 4. The minimum absolute atomic E-state index is 0.0730. The van der Waals surface area contributed by atoms with E-state index in [9.17, 15) is 9.59 Å². The quantitative estimate of drug-likeness (QED) is 0.739. The lowest BCUT2D eigenvalue weighted by Gasteiger charge is -2.34. The Kier molecular flexibility index (Phi) is 5.08. The number of benzene rings is 1. The Morgan fingerprint density at radius 1 is 0.929 bits per heavy atom. The maximum absolute atomic E-state index is 12.8. The Morgan fingerprint density at radius 3 is 2.29 bits per heavy atom. The minimum Gasteiger partial charge on any atom is -0.335 e. The molecule has 0 unspecified atom stereocenters. The van der Waals surface area contributed by atoms with Crippen LogP contribution in [0.4, 0.5) is 0 Å². The predicted molar refractivity (Wildman–Crippen MR) is 105 cm³/mol. The lowest BCUT2D eigenvalue weighted by atomic mass is 10.1. The van der Waals surface area contributed by atoms with Crippen molar-refractivity contribution in [3.8, 4) is 11.3 Å². The summed E-state index contributed by atoms with van der Waals surface area (Å²) in [6.07, 6.45) is 3.36. The average molecular weight is 396 g/mol. The number of rotatable bonds is 3. The van der Waals surface area contributed by atoms with Gasteiger partial charge in [-0.25, -0.2) is 0 Å². The van der Waals surface area contributed by atoms with Crippen LogP contribution in [-0.4, -0.2) is 63.0 Å². The van der Waals surface area contributed by atoms with E-state index in [4.69, 9.17) is 11.6 Å². The van der Waals surface area contributed by atoms with Crippen LogP contribution in [0.1, 0.15) is 20.8 Å². The van der Waals surface area contributed by atoms with E-state index in [1.807, 2.05) is 12.1 Å². The number of piperazine rings is 1. The number of halogens is 1. The van der Waals surface area contributed by atoms with Crippen molar-refractivity contribution in [1.82, 2.24) is 25.0 Å². The van der Waals surface area contributed by atoms with Crippen LogP contribution in [0.15, 0.2) is 54.9 Å². The molecule has 2 aromatic heterocycles. The van der Waals surface area contributed by atoms with Crippen LogP contribution in [0.3, 0.4) is 0 Å². The monoisotopic (exact) mass is 395 g/mol. The second-order valence-corrected chi connectivity index (χ2v) is 6.93. The van der Waals surface area contributed by atoms with Crippen molar-refractivity contribution in [2.75, 3.05) is 26.2 Å². The topological polar surface area (TPSA) is 82.2 Å². The third kappa shape index (κ3) is 3.75. The van der Waals surface area contributed by atoms with Crippen LogP contribution < -0.4 is 0 Å². The van der Waals surface area contributed by atoms with Crippen LogP contribution in [-0.2, 0) is 0 Å². The van der Waals surface area contributed by atoms with Crippen molar-refractivity contribution in [1.29, 1.82) is 0 Å². The van der Waals surface area contributed by atoms with Crippen LogP contribution in [0.25, 0.3) is 11.3 Å². The van der Waals surface area contributed by atoms with Gasteiger partial charge in [0.1, 0.15) is 5.69 Å². The second kappa shape index (κ2) is 7.82. The molecule has 8 heteroatoms. The van der Waals surface area contributed by atoms with E-state index >= 15 is 0 Å². The molecule has 1 fully saturated rings. The standard InChI is InChI=1S/C20H18ClN5O2/c21-16-3-1-2-15(12-16)19(27)25-8-10-26(11-9-25)20(28)18-13-17(23-24-18)14-4-6-22-7-5-14/h1-7,12-13H,8-11H2,(H,23,24). The Morgan fingerprint density at radius 2 is 1.61 bits per heavy atom. The van der Waals surface area contributed by atoms with Crippen molar-refractivity contribution < 1.29 is 9.59 Å². The zero-order valence-electron chi connectivity index (χ0n) is 15.0. The Bertz CT molecular complexity index is 997. The molecule has 28 heavy (non-hydrogen) atoms. The molecular weight excluding hydrogens is 378 g/mol. The van der Waals surface area contributed by atoms with E-state index in [1.54, 1.807) is 52.5 Å². The smallest absolute Gasteiger partial charge is 0.272 e. The van der Waals surface area contributed by atoms with E-state index < -0.39 is 0 Å². The SMILES string of the molecule is O=C(c1cccc(Cl)c1)N1CCN(C(=O)c2cc(-c3ccncc3)n[nH]2)CC1. The van der Waals surface area contributed by atoms with Gasteiger partial charge in [-0.1, -0.05) is 17.7 Å². The number of nitrogens with zero attached hydrogens (tertiary/aromatic N) is 4. The summed E-state index contributed by atoms with van der Waals surface area (Å²) in [5.41, 5.74) is 2.58. The van der Waals surface area contributed by atoms with Crippen LogP contribution in [0.5, 0.6) is 0 Å². The summed E-state index contributed by atoms with van der Waals surface area (Å²) in [4.78, 5) is 32.8. The Balaban J connectivity index is 1.39. The number of carbonyl (C=O) groups excluding carboxylic acids is 2. The fourth-order valence-electron chi connectivity index (χ4n) is 3.19. The van der Waals surface area contributed by atoms with E-state index in [0.717, 1.165) is 5.56 Å². The highest BCUT2D eigenvalue weighted by atomic mass is 35.5. The fraction of sp³-hybridized carbons (Fsp3) is 0.200. The fourth-order valence-corrected chi connectivity index (χ4v) is 3.38. The van der Waals surface area contributed by atoms with Gasteiger partial charge in [-0.05, 0) is 36.4 Å². The first kappa shape index (κ1) is 18.2. The average Bonchev–Trinajstić information content (AvgIpc) is 3.24.